The number of halogens is 2. The van der Waals surface area contributed by atoms with Gasteiger partial charge in [0.15, 0.2) is 0 Å². The first-order valence-corrected chi connectivity index (χ1v) is 6.21. The van der Waals surface area contributed by atoms with Gasteiger partial charge in [-0.25, -0.2) is 0 Å². The quantitative estimate of drug-likeness (QED) is 0.688. The van der Waals surface area contributed by atoms with E-state index in [1.54, 1.807) is 22.9 Å². The maximum Gasteiger partial charge on any atom is 0.373 e. The van der Waals surface area contributed by atoms with Gasteiger partial charge in [-0.15, -0.1) is 0 Å². The van der Waals surface area contributed by atoms with Crippen molar-refractivity contribution < 1.29 is 14.0 Å². The maximum absolute atomic E-state index is 8.12. The van der Waals surface area contributed by atoms with Crippen molar-refractivity contribution in [2.75, 3.05) is 0 Å². The molecule has 0 bridgehead atoms. The number of hydrogen-bond donors (Lipinski definition) is 0. The molecule has 3 aromatic rings. The van der Waals surface area contributed by atoms with Gasteiger partial charge in [0.25, 0.3) is 0 Å². The topological polar surface area (TPSA) is 64.6 Å². The Labute approximate surface area is 123 Å². The number of aryl methyl sites for hydroxylation is 1. The van der Waals surface area contributed by atoms with Crippen molar-refractivity contribution in [2.45, 2.75) is 6.92 Å². The number of hydrogen-bond acceptors (Lipinski definition) is 4. The van der Waals surface area contributed by atoms with E-state index in [-0.39, 0.29) is 6.15 Å². The molecule has 20 heavy (non-hydrogen) atoms. The molecular formula is C13H8Cl2N2O3. The van der Waals surface area contributed by atoms with Gasteiger partial charge >= 0.3 is 6.15 Å². The first-order valence-electron chi connectivity index (χ1n) is 5.45. The van der Waals surface area contributed by atoms with Gasteiger partial charge in [-0.2, -0.15) is 19.2 Å². The summed E-state index contributed by atoms with van der Waals surface area (Å²) in [5.41, 5.74) is 3.26. The molecule has 0 aliphatic heterocycles. The number of fused-ring (bicyclic) bond motifs is 1. The fourth-order valence-electron chi connectivity index (χ4n) is 1.77. The van der Waals surface area contributed by atoms with Gasteiger partial charge in [-0.05, 0) is 25.1 Å². The summed E-state index contributed by atoms with van der Waals surface area (Å²) < 4.78 is 7.14. The fourth-order valence-corrected chi connectivity index (χ4v) is 2.28. The summed E-state index contributed by atoms with van der Waals surface area (Å²) in [6, 6.07) is 7.21. The predicted octanol–water partition coefficient (Wildman–Crippen LogP) is 3.63. The summed E-state index contributed by atoms with van der Waals surface area (Å²) in [5, 5.41) is 5.53. The van der Waals surface area contributed by atoms with Crippen molar-refractivity contribution in [2.24, 2.45) is 0 Å². The molecule has 0 unspecified atom stereocenters. The number of oxazole rings is 1. The predicted molar refractivity (Wildman–Crippen MR) is 72.7 cm³/mol. The summed E-state index contributed by atoms with van der Waals surface area (Å²) >= 11 is 12.0. The summed E-state index contributed by atoms with van der Waals surface area (Å²) in [7, 11) is 0. The molecule has 102 valence electrons. The minimum Gasteiger partial charge on any atom is -0.444 e. The van der Waals surface area contributed by atoms with Crippen LogP contribution in [0.1, 0.15) is 5.69 Å². The third-order valence-electron chi connectivity index (χ3n) is 2.53. The monoisotopic (exact) mass is 310 g/mol. The van der Waals surface area contributed by atoms with Crippen LogP contribution in [0.25, 0.3) is 17.0 Å². The van der Waals surface area contributed by atoms with Crippen molar-refractivity contribution in [3.63, 3.8) is 0 Å². The molecule has 2 aromatic heterocycles. The van der Waals surface area contributed by atoms with Crippen molar-refractivity contribution in [1.29, 1.82) is 0 Å². The Hall–Kier alpha value is -2.07. The fraction of sp³-hybridized carbons (Fsp3) is 0.0769. The second-order valence-electron chi connectivity index (χ2n) is 3.86. The smallest absolute Gasteiger partial charge is 0.373 e. The van der Waals surface area contributed by atoms with Gasteiger partial charge in [-0.1, -0.05) is 23.2 Å². The molecular weight excluding hydrogens is 303 g/mol. The van der Waals surface area contributed by atoms with Crippen LogP contribution in [0.5, 0.6) is 0 Å². The van der Waals surface area contributed by atoms with Crippen LogP contribution in [0.3, 0.4) is 0 Å². The number of carbonyl (C=O) groups excluding carboxylic acids is 2. The Balaban J connectivity index is 0.000000452. The van der Waals surface area contributed by atoms with Gasteiger partial charge in [0.05, 0.1) is 10.7 Å². The third kappa shape index (κ3) is 2.75. The van der Waals surface area contributed by atoms with E-state index in [1.165, 1.54) is 0 Å². The Morgan fingerprint density at radius 2 is 1.95 bits per heavy atom. The van der Waals surface area contributed by atoms with E-state index in [4.69, 9.17) is 37.2 Å². The molecule has 0 saturated heterocycles. The summed E-state index contributed by atoms with van der Waals surface area (Å²) in [6.45, 7) is 1.91. The van der Waals surface area contributed by atoms with Crippen LogP contribution < -0.4 is 0 Å². The van der Waals surface area contributed by atoms with Gasteiger partial charge in [0.1, 0.15) is 12.0 Å². The standard InChI is InChI=1S/C12H8Cl2N2O.CO2/c1-7-4-12-16(15-7)11(6-17-12)9-3-2-8(13)5-10(9)14;2-1-3/h2-6H,1H3;. The van der Waals surface area contributed by atoms with E-state index in [0.717, 1.165) is 17.0 Å². The van der Waals surface area contributed by atoms with Crippen LogP contribution in [0, 0.1) is 6.92 Å². The van der Waals surface area contributed by atoms with Crippen LogP contribution in [0.15, 0.2) is 34.9 Å². The molecule has 0 saturated carbocycles. The lowest BCUT2D eigenvalue weighted by Crippen LogP contribution is -1.89. The lowest BCUT2D eigenvalue weighted by molar-refractivity contribution is -0.191. The zero-order valence-electron chi connectivity index (χ0n) is 10.3. The third-order valence-corrected chi connectivity index (χ3v) is 3.07. The Bertz CT molecular complexity index is 786. The lowest BCUT2D eigenvalue weighted by atomic mass is 10.2. The molecule has 5 nitrogen and oxygen atoms in total. The Morgan fingerprint density at radius 3 is 2.60 bits per heavy atom. The largest absolute Gasteiger partial charge is 0.444 e. The van der Waals surface area contributed by atoms with E-state index in [0.29, 0.717) is 15.8 Å². The van der Waals surface area contributed by atoms with Crippen LogP contribution in [-0.2, 0) is 9.59 Å². The highest BCUT2D eigenvalue weighted by Crippen LogP contribution is 2.31. The molecule has 0 fully saturated rings. The molecule has 0 N–H and O–H groups in total. The van der Waals surface area contributed by atoms with Crippen molar-refractivity contribution in [3.8, 4) is 11.3 Å². The second kappa shape index (κ2) is 5.92. The second-order valence-corrected chi connectivity index (χ2v) is 4.71. The molecule has 7 heteroatoms. The molecule has 0 aliphatic carbocycles. The first-order chi connectivity index (χ1) is 9.56. The average Bonchev–Trinajstić information content (AvgIpc) is 2.90. The summed E-state index contributed by atoms with van der Waals surface area (Å²) in [5.74, 6) is 0. The van der Waals surface area contributed by atoms with E-state index < -0.39 is 0 Å². The SMILES string of the molecule is Cc1cc2occ(-c3ccc(Cl)cc3Cl)n2n1.O=C=O. The van der Waals surface area contributed by atoms with Gasteiger partial charge in [-0.3, -0.25) is 0 Å². The minimum atomic E-state index is 0.250. The van der Waals surface area contributed by atoms with Crippen LogP contribution >= 0.6 is 23.2 Å². The van der Waals surface area contributed by atoms with Gasteiger partial charge in [0.2, 0.25) is 5.71 Å². The van der Waals surface area contributed by atoms with Crippen LogP contribution in [0.2, 0.25) is 10.0 Å². The highest BCUT2D eigenvalue weighted by molar-refractivity contribution is 6.36. The van der Waals surface area contributed by atoms with Gasteiger partial charge in [0, 0.05) is 16.7 Å². The number of nitrogens with zero attached hydrogens (tertiary/aromatic N) is 2. The highest BCUT2D eigenvalue weighted by Gasteiger charge is 2.12. The number of rotatable bonds is 1. The average molecular weight is 311 g/mol. The van der Waals surface area contributed by atoms with Crippen molar-refractivity contribution >= 4 is 35.1 Å². The van der Waals surface area contributed by atoms with Crippen molar-refractivity contribution in [1.82, 2.24) is 9.61 Å². The highest BCUT2D eigenvalue weighted by atomic mass is 35.5. The molecule has 1 aromatic carbocycles. The normalized spacial score (nSPS) is 9.95. The van der Waals surface area contributed by atoms with Gasteiger partial charge < -0.3 is 4.42 Å². The van der Waals surface area contributed by atoms with Crippen LogP contribution in [-0.4, -0.2) is 15.8 Å². The molecule has 3 rings (SSSR count). The molecule has 0 aliphatic rings. The maximum atomic E-state index is 8.12. The van der Waals surface area contributed by atoms with E-state index in [2.05, 4.69) is 5.10 Å². The van der Waals surface area contributed by atoms with E-state index in [9.17, 15) is 0 Å². The number of benzene rings is 1. The lowest BCUT2D eigenvalue weighted by Gasteiger charge is -2.01. The van der Waals surface area contributed by atoms with E-state index in [1.807, 2.05) is 19.1 Å². The van der Waals surface area contributed by atoms with E-state index >= 15 is 0 Å². The molecule has 0 atom stereocenters. The first kappa shape index (κ1) is 14.3. The zero-order valence-corrected chi connectivity index (χ0v) is 11.8. The molecule has 2 heterocycles. The number of aromatic nitrogens is 2. The summed E-state index contributed by atoms with van der Waals surface area (Å²) in [6.07, 6.45) is 1.89. The Kier molecular flexibility index (Phi) is 4.25. The molecule has 0 radical (unpaired) electrons. The molecule has 0 amide bonds. The van der Waals surface area contributed by atoms with Crippen molar-refractivity contribution in [3.05, 3.63) is 46.3 Å². The minimum absolute atomic E-state index is 0.250. The molecule has 0 spiro atoms. The van der Waals surface area contributed by atoms with Crippen LogP contribution in [0.4, 0.5) is 0 Å². The summed E-state index contributed by atoms with van der Waals surface area (Å²) in [4.78, 5) is 16.2. The zero-order chi connectivity index (χ0) is 14.7. The Morgan fingerprint density at radius 1 is 1.25 bits per heavy atom.